The van der Waals surface area contributed by atoms with Crippen LogP contribution < -0.4 is 5.32 Å². The SMILES string of the molecule is O=C(NCc1cncc(-c2ccco2)c1)C(c1ccccc1)c1ccccc1. The molecule has 0 saturated carbocycles. The summed E-state index contributed by atoms with van der Waals surface area (Å²) in [4.78, 5) is 17.3. The number of nitrogens with one attached hydrogen (secondary N) is 1. The van der Waals surface area contributed by atoms with Gasteiger partial charge in [0.25, 0.3) is 0 Å². The number of hydrogen-bond donors (Lipinski definition) is 1. The maximum Gasteiger partial charge on any atom is 0.232 e. The van der Waals surface area contributed by atoms with E-state index in [9.17, 15) is 4.79 Å². The molecule has 0 spiro atoms. The largest absolute Gasteiger partial charge is 0.464 e. The van der Waals surface area contributed by atoms with Crippen molar-refractivity contribution >= 4 is 5.91 Å². The van der Waals surface area contributed by atoms with E-state index >= 15 is 0 Å². The van der Waals surface area contributed by atoms with Gasteiger partial charge in [0.05, 0.1) is 12.2 Å². The Morgan fingerprint density at radius 2 is 1.57 bits per heavy atom. The number of carbonyl (C=O) groups excluding carboxylic acids is 1. The van der Waals surface area contributed by atoms with Crippen molar-refractivity contribution in [3.05, 3.63) is 114 Å². The number of rotatable bonds is 6. The van der Waals surface area contributed by atoms with Crippen molar-refractivity contribution in [3.8, 4) is 11.3 Å². The molecule has 28 heavy (non-hydrogen) atoms. The normalized spacial score (nSPS) is 10.8. The van der Waals surface area contributed by atoms with E-state index in [-0.39, 0.29) is 11.8 Å². The minimum absolute atomic E-state index is 0.0409. The van der Waals surface area contributed by atoms with Crippen molar-refractivity contribution in [1.29, 1.82) is 0 Å². The molecule has 2 aromatic carbocycles. The number of amides is 1. The summed E-state index contributed by atoms with van der Waals surface area (Å²) in [6, 6.07) is 25.4. The van der Waals surface area contributed by atoms with Gasteiger partial charge in [0.15, 0.2) is 0 Å². The van der Waals surface area contributed by atoms with Crippen molar-refractivity contribution in [2.75, 3.05) is 0 Å². The maximum atomic E-state index is 13.1. The number of hydrogen-bond acceptors (Lipinski definition) is 3. The molecule has 4 nitrogen and oxygen atoms in total. The van der Waals surface area contributed by atoms with Crippen LogP contribution in [0.4, 0.5) is 0 Å². The van der Waals surface area contributed by atoms with Gasteiger partial charge in [-0.3, -0.25) is 9.78 Å². The summed E-state index contributed by atoms with van der Waals surface area (Å²) in [5, 5.41) is 3.06. The molecule has 0 aliphatic carbocycles. The molecule has 2 heterocycles. The Morgan fingerprint density at radius 3 is 2.18 bits per heavy atom. The highest BCUT2D eigenvalue weighted by atomic mass is 16.3. The van der Waals surface area contributed by atoms with Gasteiger partial charge in [0, 0.05) is 24.5 Å². The van der Waals surface area contributed by atoms with E-state index in [1.165, 1.54) is 0 Å². The van der Waals surface area contributed by atoms with E-state index in [1.54, 1.807) is 18.7 Å². The quantitative estimate of drug-likeness (QED) is 0.532. The first-order valence-electron chi connectivity index (χ1n) is 9.16. The van der Waals surface area contributed by atoms with Gasteiger partial charge in [-0.25, -0.2) is 0 Å². The topological polar surface area (TPSA) is 55.1 Å². The van der Waals surface area contributed by atoms with Gasteiger partial charge in [0.1, 0.15) is 5.76 Å². The lowest BCUT2D eigenvalue weighted by Crippen LogP contribution is -2.29. The number of aromatic nitrogens is 1. The first-order chi connectivity index (χ1) is 13.8. The molecule has 0 unspecified atom stereocenters. The zero-order valence-electron chi connectivity index (χ0n) is 15.3. The van der Waals surface area contributed by atoms with Gasteiger partial charge < -0.3 is 9.73 Å². The lowest BCUT2D eigenvalue weighted by atomic mass is 9.90. The van der Waals surface area contributed by atoms with Crippen LogP contribution in [0.25, 0.3) is 11.3 Å². The molecule has 0 atom stereocenters. The second-order valence-electron chi connectivity index (χ2n) is 6.53. The molecular formula is C24H20N2O2. The van der Waals surface area contributed by atoms with Crippen LogP contribution in [0.3, 0.4) is 0 Å². The standard InChI is InChI=1S/C24H20N2O2/c27-24(23(19-8-3-1-4-9-19)20-10-5-2-6-11-20)26-16-18-14-21(17-25-15-18)22-12-7-13-28-22/h1-15,17,23H,16H2,(H,26,27). The predicted octanol–water partition coefficient (Wildman–Crippen LogP) is 4.79. The number of pyridine rings is 1. The average molecular weight is 368 g/mol. The molecule has 4 aromatic rings. The zero-order valence-corrected chi connectivity index (χ0v) is 15.3. The summed E-state index contributed by atoms with van der Waals surface area (Å²) in [5.41, 5.74) is 3.74. The van der Waals surface area contributed by atoms with Crippen LogP contribution in [-0.2, 0) is 11.3 Å². The molecule has 0 fully saturated rings. The lowest BCUT2D eigenvalue weighted by molar-refractivity contribution is -0.121. The molecule has 0 aliphatic heterocycles. The van der Waals surface area contributed by atoms with Gasteiger partial charge in [-0.1, -0.05) is 60.7 Å². The van der Waals surface area contributed by atoms with Gasteiger partial charge in [-0.2, -0.15) is 0 Å². The lowest BCUT2D eigenvalue weighted by Gasteiger charge is -2.18. The molecule has 0 radical (unpaired) electrons. The Balaban J connectivity index is 1.53. The third-order valence-electron chi connectivity index (χ3n) is 4.60. The van der Waals surface area contributed by atoms with Crippen molar-refractivity contribution in [2.45, 2.75) is 12.5 Å². The summed E-state index contributed by atoms with van der Waals surface area (Å²) >= 11 is 0. The van der Waals surface area contributed by atoms with Crippen molar-refractivity contribution in [3.63, 3.8) is 0 Å². The summed E-state index contributed by atoms with van der Waals surface area (Å²) < 4.78 is 5.43. The summed E-state index contributed by atoms with van der Waals surface area (Å²) in [6.07, 6.45) is 5.14. The summed E-state index contributed by atoms with van der Waals surface area (Å²) in [7, 11) is 0. The van der Waals surface area contributed by atoms with Crippen molar-refractivity contribution < 1.29 is 9.21 Å². The van der Waals surface area contributed by atoms with Gasteiger partial charge in [-0.15, -0.1) is 0 Å². The van der Waals surface area contributed by atoms with Crippen LogP contribution in [0, 0.1) is 0 Å². The Kier molecular flexibility index (Phi) is 5.29. The number of carbonyl (C=O) groups is 1. The Hall–Kier alpha value is -3.66. The van der Waals surface area contributed by atoms with E-state index < -0.39 is 0 Å². The van der Waals surface area contributed by atoms with Crippen molar-refractivity contribution in [1.82, 2.24) is 10.3 Å². The fraction of sp³-hybridized carbons (Fsp3) is 0.0833. The number of furan rings is 1. The fourth-order valence-corrected chi connectivity index (χ4v) is 3.24. The van der Waals surface area contributed by atoms with Crippen LogP contribution in [-0.4, -0.2) is 10.9 Å². The van der Waals surface area contributed by atoms with E-state index in [4.69, 9.17) is 4.42 Å². The zero-order chi connectivity index (χ0) is 19.2. The van der Waals surface area contributed by atoms with Crippen LogP contribution in [0.1, 0.15) is 22.6 Å². The maximum absolute atomic E-state index is 13.1. The first kappa shape index (κ1) is 17.7. The number of benzene rings is 2. The number of nitrogens with zero attached hydrogens (tertiary/aromatic N) is 1. The predicted molar refractivity (Wildman–Crippen MR) is 109 cm³/mol. The molecule has 1 N–H and O–H groups in total. The molecule has 1 amide bonds. The third-order valence-corrected chi connectivity index (χ3v) is 4.60. The molecule has 4 heteroatoms. The second kappa shape index (κ2) is 8.35. The highest BCUT2D eigenvalue weighted by Crippen LogP contribution is 2.25. The monoisotopic (exact) mass is 368 g/mol. The third kappa shape index (κ3) is 4.01. The minimum Gasteiger partial charge on any atom is -0.464 e. The second-order valence-corrected chi connectivity index (χ2v) is 6.53. The van der Waals surface area contributed by atoms with E-state index in [2.05, 4.69) is 10.3 Å². The summed E-state index contributed by atoms with van der Waals surface area (Å²) in [6.45, 7) is 0.399. The molecular weight excluding hydrogens is 348 g/mol. The van der Waals surface area contributed by atoms with Gasteiger partial charge in [0.2, 0.25) is 5.91 Å². The summed E-state index contributed by atoms with van der Waals surface area (Å²) in [5.74, 6) is 0.358. The highest BCUT2D eigenvalue weighted by Gasteiger charge is 2.22. The molecule has 138 valence electrons. The molecule has 2 aromatic heterocycles. The van der Waals surface area contributed by atoms with Gasteiger partial charge >= 0.3 is 0 Å². The molecule has 0 aliphatic rings. The highest BCUT2D eigenvalue weighted by molar-refractivity contribution is 5.87. The average Bonchev–Trinajstić information content (AvgIpc) is 3.29. The van der Waals surface area contributed by atoms with Gasteiger partial charge in [-0.05, 0) is 34.9 Å². The van der Waals surface area contributed by atoms with Crippen LogP contribution in [0.2, 0.25) is 0 Å². The Morgan fingerprint density at radius 1 is 0.893 bits per heavy atom. The molecule has 0 saturated heterocycles. The van der Waals surface area contributed by atoms with Crippen LogP contribution in [0.15, 0.2) is 102 Å². The van der Waals surface area contributed by atoms with Crippen LogP contribution >= 0.6 is 0 Å². The minimum atomic E-state index is -0.358. The Bertz CT molecular complexity index is 989. The first-order valence-corrected chi connectivity index (χ1v) is 9.16. The Labute approximate surface area is 163 Å². The molecule has 4 rings (SSSR count). The van der Waals surface area contributed by atoms with Crippen LogP contribution in [0.5, 0.6) is 0 Å². The fourth-order valence-electron chi connectivity index (χ4n) is 3.24. The van der Waals surface area contributed by atoms with E-state index in [0.29, 0.717) is 6.54 Å². The molecule has 0 bridgehead atoms. The smallest absolute Gasteiger partial charge is 0.232 e. The van der Waals surface area contributed by atoms with Crippen molar-refractivity contribution in [2.24, 2.45) is 0 Å². The van der Waals surface area contributed by atoms with E-state index in [1.807, 2.05) is 78.9 Å². The van der Waals surface area contributed by atoms with E-state index in [0.717, 1.165) is 28.0 Å².